The number of nitrogen functional groups attached to an aromatic ring is 1. The normalized spacial score (nSPS) is 10.2. The van der Waals surface area contributed by atoms with Gasteiger partial charge < -0.3 is 10.5 Å². The summed E-state index contributed by atoms with van der Waals surface area (Å²) in [6, 6.07) is 12.4. The third-order valence-electron chi connectivity index (χ3n) is 2.57. The lowest BCUT2D eigenvalue weighted by Crippen LogP contribution is -2.13. The quantitative estimate of drug-likeness (QED) is 0.664. The highest BCUT2D eigenvalue weighted by Gasteiger charge is 2.08. The van der Waals surface area contributed by atoms with Crippen molar-refractivity contribution in [2.24, 2.45) is 5.73 Å². The van der Waals surface area contributed by atoms with Gasteiger partial charge in [0.2, 0.25) is 0 Å². The molecule has 0 spiro atoms. The van der Waals surface area contributed by atoms with Crippen LogP contribution in [0.3, 0.4) is 0 Å². The fourth-order valence-electron chi connectivity index (χ4n) is 1.61. The lowest BCUT2D eigenvalue weighted by molar-refractivity contribution is 0.305. The molecule has 3 N–H and O–H groups in total. The number of rotatable bonds is 4. The summed E-state index contributed by atoms with van der Waals surface area (Å²) in [5, 5.41) is 8.66. The molecule has 0 atom stereocenters. The van der Waals surface area contributed by atoms with Gasteiger partial charge in [-0.25, -0.2) is 0 Å². The molecule has 0 aromatic heterocycles. The van der Waals surface area contributed by atoms with E-state index < -0.39 is 0 Å². The van der Waals surface area contributed by atoms with E-state index in [0.29, 0.717) is 28.0 Å². The largest absolute Gasteiger partial charge is 0.488 e. The molecule has 0 aliphatic rings. The Hall–Kier alpha value is -1.71. The molecule has 98 valence electrons. The maximum absolute atomic E-state index is 7.51. The van der Waals surface area contributed by atoms with Gasteiger partial charge in [0.15, 0.2) is 0 Å². The Kier molecular flexibility index (Phi) is 4.30. The van der Waals surface area contributed by atoms with Crippen LogP contribution in [0.15, 0.2) is 42.5 Å². The first-order chi connectivity index (χ1) is 9.08. The summed E-state index contributed by atoms with van der Waals surface area (Å²) < 4.78 is 5.66. The van der Waals surface area contributed by atoms with Gasteiger partial charge in [0, 0.05) is 15.6 Å². The van der Waals surface area contributed by atoms with Crippen molar-refractivity contribution in [1.29, 1.82) is 5.41 Å². The molecule has 0 bridgehead atoms. The summed E-state index contributed by atoms with van der Waals surface area (Å²) in [5.74, 6) is 0.425. The molecule has 0 aliphatic heterocycles. The number of halogens is 2. The highest BCUT2D eigenvalue weighted by molar-refractivity contribution is 6.31. The molecule has 19 heavy (non-hydrogen) atoms. The van der Waals surface area contributed by atoms with Crippen LogP contribution in [0.2, 0.25) is 10.0 Å². The number of amidine groups is 1. The van der Waals surface area contributed by atoms with Crippen LogP contribution < -0.4 is 10.5 Å². The molecule has 0 aliphatic carbocycles. The van der Waals surface area contributed by atoms with Crippen molar-refractivity contribution in [3.8, 4) is 5.75 Å². The SMILES string of the molecule is N=C(N)c1cc(Cl)ccc1OCc1ccccc1Cl. The summed E-state index contributed by atoms with van der Waals surface area (Å²) in [4.78, 5) is 0. The summed E-state index contributed by atoms with van der Waals surface area (Å²) >= 11 is 11.9. The fourth-order valence-corrected chi connectivity index (χ4v) is 1.97. The van der Waals surface area contributed by atoms with Crippen LogP contribution in [0.5, 0.6) is 5.75 Å². The van der Waals surface area contributed by atoms with E-state index in [4.69, 9.17) is 39.1 Å². The average Bonchev–Trinajstić information content (AvgIpc) is 2.38. The molecule has 0 radical (unpaired) electrons. The van der Waals surface area contributed by atoms with Gasteiger partial charge in [-0.15, -0.1) is 0 Å². The highest BCUT2D eigenvalue weighted by Crippen LogP contribution is 2.24. The molecule has 0 saturated carbocycles. The van der Waals surface area contributed by atoms with Crippen molar-refractivity contribution in [3.63, 3.8) is 0 Å². The Morgan fingerprint density at radius 1 is 1.16 bits per heavy atom. The van der Waals surface area contributed by atoms with Crippen LogP contribution >= 0.6 is 23.2 Å². The predicted octanol–water partition coefficient (Wildman–Crippen LogP) is 3.86. The van der Waals surface area contributed by atoms with Crippen molar-refractivity contribution in [1.82, 2.24) is 0 Å². The van der Waals surface area contributed by atoms with Gasteiger partial charge >= 0.3 is 0 Å². The maximum atomic E-state index is 7.51. The highest BCUT2D eigenvalue weighted by atomic mass is 35.5. The van der Waals surface area contributed by atoms with Crippen LogP contribution in [0, 0.1) is 5.41 Å². The number of hydrogen-bond acceptors (Lipinski definition) is 2. The Balaban J connectivity index is 2.20. The Bertz CT molecular complexity index is 614. The van der Waals surface area contributed by atoms with Crippen molar-refractivity contribution in [3.05, 3.63) is 63.6 Å². The number of nitrogens with two attached hydrogens (primary N) is 1. The van der Waals surface area contributed by atoms with Gasteiger partial charge in [0.1, 0.15) is 18.2 Å². The zero-order valence-corrected chi connectivity index (χ0v) is 11.5. The molecular formula is C14H12Cl2N2O. The van der Waals surface area contributed by atoms with E-state index in [0.717, 1.165) is 5.56 Å². The van der Waals surface area contributed by atoms with Crippen LogP contribution in [0.4, 0.5) is 0 Å². The minimum absolute atomic E-state index is 0.0864. The van der Waals surface area contributed by atoms with Crippen LogP contribution in [-0.2, 0) is 6.61 Å². The first kappa shape index (κ1) is 13.7. The van der Waals surface area contributed by atoms with Gasteiger partial charge in [0.25, 0.3) is 0 Å². The zero-order chi connectivity index (χ0) is 13.8. The van der Waals surface area contributed by atoms with Gasteiger partial charge in [0.05, 0.1) is 5.56 Å². The molecule has 3 nitrogen and oxygen atoms in total. The summed E-state index contributed by atoms with van der Waals surface area (Å²) in [5.41, 5.74) is 6.84. The third-order valence-corrected chi connectivity index (χ3v) is 3.18. The third kappa shape index (κ3) is 3.40. The maximum Gasteiger partial charge on any atom is 0.130 e. The van der Waals surface area contributed by atoms with E-state index in [1.807, 2.05) is 18.2 Å². The van der Waals surface area contributed by atoms with E-state index >= 15 is 0 Å². The van der Waals surface area contributed by atoms with Gasteiger partial charge in [-0.3, -0.25) is 5.41 Å². The fraction of sp³-hybridized carbons (Fsp3) is 0.0714. The smallest absolute Gasteiger partial charge is 0.130 e. The predicted molar refractivity (Wildman–Crippen MR) is 78.3 cm³/mol. The molecule has 0 saturated heterocycles. The van der Waals surface area contributed by atoms with Crippen LogP contribution in [0.1, 0.15) is 11.1 Å². The van der Waals surface area contributed by atoms with Gasteiger partial charge in [-0.05, 0) is 24.3 Å². The first-order valence-corrected chi connectivity index (χ1v) is 6.33. The molecule has 2 aromatic rings. The van der Waals surface area contributed by atoms with Gasteiger partial charge in [-0.1, -0.05) is 41.4 Å². The zero-order valence-electron chi connectivity index (χ0n) is 9.99. The number of nitrogens with one attached hydrogen (secondary N) is 1. The second-order valence-corrected chi connectivity index (χ2v) is 4.78. The van der Waals surface area contributed by atoms with Crippen molar-refractivity contribution >= 4 is 29.0 Å². The molecular weight excluding hydrogens is 283 g/mol. The van der Waals surface area contributed by atoms with E-state index in [1.165, 1.54) is 0 Å². The average molecular weight is 295 g/mol. The van der Waals surface area contributed by atoms with E-state index in [2.05, 4.69) is 0 Å². The molecule has 5 heteroatoms. The molecule has 2 rings (SSSR count). The van der Waals surface area contributed by atoms with E-state index in [9.17, 15) is 0 Å². The minimum atomic E-state index is -0.0864. The second kappa shape index (κ2) is 5.95. The van der Waals surface area contributed by atoms with Crippen molar-refractivity contribution < 1.29 is 4.74 Å². The topological polar surface area (TPSA) is 59.1 Å². The summed E-state index contributed by atoms with van der Waals surface area (Å²) in [7, 11) is 0. The van der Waals surface area contributed by atoms with E-state index in [1.54, 1.807) is 24.3 Å². The standard InChI is InChI=1S/C14H12Cl2N2O/c15-10-5-6-13(11(7-10)14(17)18)19-8-9-3-1-2-4-12(9)16/h1-7H,8H2,(H3,17,18). The van der Waals surface area contributed by atoms with Gasteiger partial charge in [-0.2, -0.15) is 0 Å². The lowest BCUT2D eigenvalue weighted by Gasteiger charge is -2.11. The van der Waals surface area contributed by atoms with Crippen LogP contribution in [-0.4, -0.2) is 5.84 Å². The Morgan fingerprint density at radius 2 is 1.89 bits per heavy atom. The van der Waals surface area contributed by atoms with E-state index in [-0.39, 0.29) is 5.84 Å². The number of hydrogen-bond donors (Lipinski definition) is 2. The molecule has 0 fully saturated rings. The van der Waals surface area contributed by atoms with Crippen molar-refractivity contribution in [2.75, 3.05) is 0 Å². The molecule has 0 heterocycles. The van der Waals surface area contributed by atoms with Crippen molar-refractivity contribution in [2.45, 2.75) is 6.61 Å². The Labute approximate surface area is 121 Å². The molecule has 0 amide bonds. The second-order valence-electron chi connectivity index (χ2n) is 3.93. The lowest BCUT2D eigenvalue weighted by atomic mass is 10.2. The first-order valence-electron chi connectivity index (χ1n) is 5.58. The summed E-state index contributed by atoms with van der Waals surface area (Å²) in [6.45, 7) is 0.307. The number of benzene rings is 2. The summed E-state index contributed by atoms with van der Waals surface area (Å²) in [6.07, 6.45) is 0. The minimum Gasteiger partial charge on any atom is -0.488 e. The Morgan fingerprint density at radius 3 is 2.58 bits per heavy atom. The van der Waals surface area contributed by atoms with Crippen LogP contribution in [0.25, 0.3) is 0 Å². The number of ether oxygens (including phenoxy) is 1. The monoisotopic (exact) mass is 294 g/mol. The molecule has 2 aromatic carbocycles. The molecule has 0 unspecified atom stereocenters.